The Bertz CT molecular complexity index is 1260. The summed E-state index contributed by atoms with van der Waals surface area (Å²) in [5, 5.41) is 7.88. The van der Waals surface area contributed by atoms with Gasteiger partial charge in [0.15, 0.2) is 17.0 Å². The number of nitrogens with two attached hydrogens (primary N) is 1. The van der Waals surface area contributed by atoms with Gasteiger partial charge in [-0.1, -0.05) is 12.1 Å². The van der Waals surface area contributed by atoms with E-state index >= 15 is 0 Å². The average Bonchev–Trinajstić information content (AvgIpc) is 3.66. The van der Waals surface area contributed by atoms with Crippen molar-refractivity contribution >= 4 is 28.5 Å². The topological polar surface area (TPSA) is 105 Å². The third kappa shape index (κ3) is 3.51. The molecule has 6 heterocycles. The maximum atomic E-state index is 6.50. The molecule has 4 aliphatic heterocycles. The van der Waals surface area contributed by atoms with Gasteiger partial charge >= 0.3 is 0 Å². The summed E-state index contributed by atoms with van der Waals surface area (Å²) < 4.78 is 11.6. The molecule has 1 spiro atoms. The minimum Gasteiger partial charge on any atom is -0.381 e. The van der Waals surface area contributed by atoms with Crippen molar-refractivity contribution in [1.29, 1.82) is 0 Å². The molecule has 1 aromatic carbocycles. The van der Waals surface area contributed by atoms with Gasteiger partial charge in [0.25, 0.3) is 0 Å². The maximum absolute atomic E-state index is 6.50. The summed E-state index contributed by atoms with van der Waals surface area (Å²) >= 11 is 0. The third-order valence-corrected chi connectivity index (χ3v) is 9.08. The number of ether oxygens (including phenoxy) is 2. The molecule has 36 heavy (non-hydrogen) atoms. The lowest BCUT2D eigenvalue weighted by molar-refractivity contribution is 0.0974. The van der Waals surface area contributed by atoms with E-state index in [1.54, 1.807) is 0 Å². The fourth-order valence-electron chi connectivity index (χ4n) is 6.81. The second-order valence-corrected chi connectivity index (χ2v) is 11.0. The Labute approximate surface area is 211 Å². The number of anilines is 3. The lowest BCUT2D eigenvalue weighted by Crippen LogP contribution is -2.50. The number of rotatable bonds is 3. The van der Waals surface area contributed by atoms with Crippen LogP contribution in [0, 0.1) is 5.41 Å². The number of fused-ring (bicyclic) bond motifs is 2. The van der Waals surface area contributed by atoms with Crippen molar-refractivity contribution in [2.24, 2.45) is 11.1 Å². The van der Waals surface area contributed by atoms with E-state index in [0.717, 1.165) is 94.4 Å². The normalized spacial score (nSPS) is 27.8. The van der Waals surface area contributed by atoms with E-state index in [4.69, 9.17) is 30.3 Å². The van der Waals surface area contributed by atoms with Crippen molar-refractivity contribution in [2.75, 3.05) is 49.3 Å². The molecule has 0 bridgehead atoms. The largest absolute Gasteiger partial charge is 0.381 e. The van der Waals surface area contributed by atoms with E-state index in [0.29, 0.717) is 5.92 Å². The molecule has 2 aromatic heterocycles. The van der Waals surface area contributed by atoms with E-state index in [-0.39, 0.29) is 17.6 Å². The Morgan fingerprint density at radius 3 is 2.86 bits per heavy atom. The molecule has 3 aromatic rings. The molecule has 3 N–H and O–H groups in total. The molecule has 0 aliphatic carbocycles. The fraction of sp³-hybridized carbons (Fsp3) is 0.593. The van der Waals surface area contributed by atoms with E-state index in [9.17, 15) is 0 Å². The lowest BCUT2D eigenvalue weighted by Gasteiger charge is -2.41. The van der Waals surface area contributed by atoms with Gasteiger partial charge in [-0.25, -0.2) is 9.97 Å². The van der Waals surface area contributed by atoms with Crippen LogP contribution in [-0.2, 0) is 15.9 Å². The number of nitrogens with one attached hydrogen (secondary N) is 1. The molecule has 3 fully saturated rings. The average molecular weight is 490 g/mol. The number of hydrogen-bond donors (Lipinski definition) is 2. The molecule has 7 rings (SSSR count). The van der Waals surface area contributed by atoms with Gasteiger partial charge in [-0.3, -0.25) is 5.10 Å². The minimum absolute atomic E-state index is 0.0970. The second-order valence-electron chi connectivity index (χ2n) is 11.0. The highest BCUT2D eigenvalue weighted by atomic mass is 16.5. The first-order valence-electron chi connectivity index (χ1n) is 13.4. The number of aromatic nitrogens is 4. The van der Waals surface area contributed by atoms with E-state index in [1.165, 1.54) is 16.8 Å². The minimum atomic E-state index is 0.0970. The zero-order valence-electron chi connectivity index (χ0n) is 20.9. The van der Waals surface area contributed by atoms with Gasteiger partial charge < -0.3 is 25.0 Å². The highest BCUT2D eigenvalue weighted by molar-refractivity contribution is 5.88. The maximum Gasteiger partial charge on any atom is 0.183 e. The fourth-order valence-corrected chi connectivity index (χ4v) is 6.81. The predicted molar refractivity (Wildman–Crippen MR) is 139 cm³/mol. The van der Waals surface area contributed by atoms with Gasteiger partial charge in [-0.2, -0.15) is 5.10 Å². The molecule has 190 valence electrons. The molecule has 4 aliphatic rings. The molecular formula is C27H35N7O2. The monoisotopic (exact) mass is 489 g/mol. The number of piperidine rings is 1. The smallest absolute Gasteiger partial charge is 0.183 e. The van der Waals surface area contributed by atoms with Gasteiger partial charge in [0.05, 0.1) is 25.5 Å². The molecule has 0 saturated carbocycles. The zero-order valence-corrected chi connectivity index (χ0v) is 20.9. The van der Waals surface area contributed by atoms with Crippen LogP contribution in [0.1, 0.15) is 49.7 Å². The van der Waals surface area contributed by atoms with Crippen molar-refractivity contribution < 1.29 is 9.47 Å². The van der Waals surface area contributed by atoms with E-state index in [1.807, 2.05) is 6.20 Å². The Balaban J connectivity index is 1.15. The summed E-state index contributed by atoms with van der Waals surface area (Å²) in [6.45, 7) is 7.30. The summed E-state index contributed by atoms with van der Waals surface area (Å²) in [7, 11) is 0. The molecule has 0 radical (unpaired) electrons. The number of H-pyrrole nitrogens is 1. The van der Waals surface area contributed by atoms with Crippen LogP contribution >= 0.6 is 0 Å². The van der Waals surface area contributed by atoms with Gasteiger partial charge in [0, 0.05) is 49.3 Å². The molecular weight excluding hydrogens is 454 g/mol. The summed E-state index contributed by atoms with van der Waals surface area (Å²) in [6, 6.07) is 6.79. The quantitative estimate of drug-likeness (QED) is 0.578. The van der Waals surface area contributed by atoms with Crippen molar-refractivity contribution in [1.82, 2.24) is 20.2 Å². The van der Waals surface area contributed by atoms with Crippen molar-refractivity contribution in [3.8, 4) is 0 Å². The standard InChI is InChI=1S/C27H35N7O2/c1-17-24(28)27(16-36-17)8-11-33(12-9-27)22-14-29-23-25(30-22)31-32-26(23)34-10-3-5-20-19(4-2-6-21(20)34)18-7-13-35-15-18/h2,4,6,14,17-18,24H,3,5,7-13,15-16,28H2,1H3,(H,30,31,32)/t17-,18-,24+/m0/s1. The predicted octanol–water partition coefficient (Wildman–Crippen LogP) is 3.27. The molecule has 0 amide bonds. The van der Waals surface area contributed by atoms with Crippen LogP contribution in [0.15, 0.2) is 24.4 Å². The summed E-state index contributed by atoms with van der Waals surface area (Å²) in [5.41, 5.74) is 12.3. The summed E-state index contributed by atoms with van der Waals surface area (Å²) in [6.07, 6.45) is 7.38. The van der Waals surface area contributed by atoms with Crippen LogP contribution in [0.5, 0.6) is 0 Å². The van der Waals surface area contributed by atoms with Crippen molar-refractivity contribution in [3.05, 3.63) is 35.5 Å². The molecule has 3 atom stereocenters. The lowest BCUT2D eigenvalue weighted by atomic mass is 9.73. The number of aromatic amines is 1. The Morgan fingerprint density at radius 2 is 2.08 bits per heavy atom. The third-order valence-electron chi connectivity index (χ3n) is 9.08. The SMILES string of the molecule is C[C@@H]1OCC2(CCN(c3cnc4c(N5CCCc6c([C@H]7CCOC7)cccc65)n[nH]c4n3)CC2)[C@@H]1N. The van der Waals surface area contributed by atoms with Crippen LogP contribution in [-0.4, -0.2) is 71.8 Å². The number of hydrogen-bond acceptors (Lipinski definition) is 8. The van der Waals surface area contributed by atoms with E-state index < -0.39 is 0 Å². The molecule has 9 heteroatoms. The Morgan fingerprint density at radius 1 is 1.19 bits per heavy atom. The van der Waals surface area contributed by atoms with Crippen LogP contribution in [0.4, 0.5) is 17.3 Å². The highest BCUT2D eigenvalue weighted by Crippen LogP contribution is 2.43. The molecule has 3 saturated heterocycles. The van der Waals surface area contributed by atoms with Gasteiger partial charge in [-0.05, 0) is 56.2 Å². The first-order valence-corrected chi connectivity index (χ1v) is 13.4. The van der Waals surface area contributed by atoms with Gasteiger partial charge in [0.2, 0.25) is 0 Å². The Kier molecular flexibility index (Phi) is 5.41. The van der Waals surface area contributed by atoms with Crippen LogP contribution in [0.3, 0.4) is 0 Å². The summed E-state index contributed by atoms with van der Waals surface area (Å²) in [4.78, 5) is 14.4. The van der Waals surface area contributed by atoms with Crippen molar-refractivity contribution in [2.45, 2.75) is 57.1 Å². The molecule has 9 nitrogen and oxygen atoms in total. The second kappa shape index (κ2) is 8.68. The van der Waals surface area contributed by atoms with Crippen molar-refractivity contribution in [3.63, 3.8) is 0 Å². The Hall–Kier alpha value is -2.75. The van der Waals surface area contributed by atoms with Gasteiger partial charge in [-0.15, -0.1) is 0 Å². The molecule has 0 unspecified atom stereocenters. The number of benzene rings is 1. The highest BCUT2D eigenvalue weighted by Gasteiger charge is 2.47. The van der Waals surface area contributed by atoms with Gasteiger partial charge in [0.1, 0.15) is 5.82 Å². The first kappa shape index (κ1) is 22.4. The van der Waals surface area contributed by atoms with E-state index in [2.05, 4.69) is 40.0 Å². The van der Waals surface area contributed by atoms with Crippen LogP contribution in [0.2, 0.25) is 0 Å². The first-order chi connectivity index (χ1) is 17.6. The zero-order chi connectivity index (χ0) is 24.3. The number of nitrogens with zero attached hydrogens (tertiary/aromatic N) is 5. The van der Waals surface area contributed by atoms with Crippen LogP contribution < -0.4 is 15.5 Å². The summed E-state index contributed by atoms with van der Waals surface area (Å²) in [5.74, 6) is 2.26. The van der Waals surface area contributed by atoms with Crippen LogP contribution in [0.25, 0.3) is 11.2 Å².